The number of amides is 1. The van der Waals surface area contributed by atoms with Crippen LogP contribution in [0.1, 0.15) is 10.4 Å². The first-order valence-electron chi connectivity index (χ1n) is 5.80. The molecular weight excluding hydrogens is 262 g/mol. The molecule has 0 atom stereocenters. The Labute approximate surface area is 117 Å². The molecule has 0 saturated carbocycles. The number of benzene rings is 2. The van der Waals surface area contributed by atoms with E-state index >= 15 is 0 Å². The van der Waals surface area contributed by atoms with Crippen LogP contribution < -0.4 is 9.64 Å². The molecule has 0 N–H and O–H groups in total. The summed E-state index contributed by atoms with van der Waals surface area (Å²) in [6.45, 7) is 0. The first-order valence-corrected chi connectivity index (χ1v) is 6.18. The molecule has 3 nitrogen and oxygen atoms in total. The number of rotatable bonds is 3. The molecule has 98 valence electrons. The summed E-state index contributed by atoms with van der Waals surface area (Å²) in [7, 11) is 3.25. The molecule has 0 saturated heterocycles. The molecule has 2 rings (SSSR count). The molecule has 0 aliphatic rings. The minimum absolute atomic E-state index is 0.162. The summed E-state index contributed by atoms with van der Waals surface area (Å²) < 4.78 is 5.20. The Morgan fingerprint density at radius 3 is 2.47 bits per heavy atom. The van der Waals surface area contributed by atoms with Crippen LogP contribution in [0.4, 0.5) is 5.69 Å². The van der Waals surface area contributed by atoms with Crippen molar-refractivity contribution in [2.75, 3.05) is 19.1 Å². The number of hydrogen-bond donors (Lipinski definition) is 0. The highest BCUT2D eigenvalue weighted by atomic mass is 35.5. The Bertz CT molecular complexity index is 584. The Morgan fingerprint density at radius 2 is 1.84 bits per heavy atom. The second kappa shape index (κ2) is 5.76. The first-order chi connectivity index (χ1) is 9.13. The minimum atomic E-state index is -0.162. The lowest BCUT2D eigenvalue weighted by Gasteiger charge is -2.18. The number of carbonyl (C=O) groups excluding carboxylic acids is 1. The first kappa shape index (κ1) is 13.4. The normalized spacial score (nSPS) is 10.1. The lowest BCUT2D eigenvalue weighted by molar-refractivity contribution is 0.0990. The SMILES string of the molecule is COc1ccc(Cl)cc1C(=O)N(C)c1ccccc1. The van der Waals surface area contributed by atoms with Crippen LogP contribution in [-0.2, 0) is 0 Å². The Kier molecular flexibility index (Phi) is 4.07. The second-order valence-electron chi connectivity index (χ2n) is 4.04. The van der Waals surface area contributed by atoms with Crippen molar-refractivity contribution in [3.63, 3.8) is 0 Å². The van der Waals surface area contributed by atoms with E-state index in [1.165, 1.54) is 7.11 Å². The highest BCUT2D eigenvalue weighted by molar-refractivity contribution is 6.31. The van der Waals surface area contributed by atoms with Gasteiger partial charge < -0.3 is 9.64 Å². The average molecular weight is 276 g/mol. The molecule has 19 heavy (non-hydrogen) atoms. The minimum Gasteiger partial charge on any atom is -0.496 e. The molecule has 0 heterocycles. The van der Waals surface area contributed by atoms with Gasteiger partial charge in [-0.15, -0.1) is 0 Å². The van der Waals surface area contributed by atoms with Gasteiger partial charge in [0.1, 0.15) is 5.75 Å². The second-order valence-corrected chi connectivity index (χ2v) is 4.48. The summed E-state index contributed by atoms with van der Waals surface area (Å²) in [6, 6.07) is 14.4. The van der Waals surface area contributed by atoms with Gasteiger partial charge in [0, 0.05) is 17.8 Å². The molecule has 0 aliphatic carbocycles. The average Bonchev–Trinajstić information content (AvgIpc) is 2.46. The molecule has 0 spiro atoms. The van der Waals surface area contributed by atoms with Gasteiger partial charge in [-0.25, -0.2) is 0 Å². The predicted octanol–water partition coefficient (Wildman–Crippen LogP) is 3.63. The summed E-state index contributed by atoms with van der Waals surface area (Å²) in [5.74, 6) is 0.350. The van der Waals surface area contributed by atoms with E-state index in [1.807, 2.05) is 30.3 Å². The van der Waals surface area contributed by atoms with Gasteiger partial charge in [-0.3, -0.25) is 4.79 Å². The van der Waals surface area contributed by atoms with E-state index in [0.717, 1.165) is 5.69 Å². The van der Waals surface area contributed by atoms with Crippen molar-refractivity contribution in [3.05, 3.63) is 59.1 Å². The molecule has 0 bridgehead atoms. The van der Waals surface area contributed by atoms with Crippen molar-refractivity contribution in [2.45, 2.75) is 0 Å². The van der Waals surface area contributed by atoms with Gasteiger partial charge in [0.15, 0.2) is 0 Å². The zero-order valence-electron chi connectivity index (χ0n) is 10.8. The van der Waals surface area contributed by atoms with Crippen LogP contribution in [0.3, 0.4) is 0 Å². The summed E-state index contributed by atoms with van der Waals surface area (Å²) >= 11 is 5.94. The monoisotopic (exact) mass is 275 g/mol. The molecule has 0 aliphatic heterocycles. The maximum Gasteiger partial charge on any atom is 0.261 e. The lowest BCUT2D eigenvalue weighted by atomic mass is 10.1. The summed E-state index contributed by atoms with van der Waals surface area (Å²) in [5, 5.41) is 0.505. The van der Waals surface area contributed by atoms with Crippen LogP contribution in [-0.4, -0.2) is 20.1 Å². The van der Waals surface area contributed by atoms with Crippen LogP contribution in [0.15, 0.2) is 48.5 Å². The quantitative estimate of drug-likeness (QED) is 0.856. The number of anilines is 1. The molecule has 2 aromatic carbocycles. The van der Waals surface area contributed by atoms with Crippen molar-refractivity contribution in [1.29, 1.82) is 0 Å². The Balaban J connectivity index is 2.37. The third kappa shape index (κ3) is 2.88. The van der Waals surface area contributed by atoms with Crippen LogP contribution in [0.2, 0.25) is 5.02 Å². The molecular formula is C15H14ClNO2. The van der Waals surface area contributed by atoms with Crippen LogP contribution in [0.25, 0.3) is 0 Å². The van der Waals surface area contributed by atoms with E-state index in [0.29, 0.717) is 16.3 Å². The smallest absolute Gasteiger partial charge is 0.261 e. The predicted molar refractivity (Wildman–Crippen MR) is 77.2 cm³/mol. The van der Waals surface area contributed by atoms with Crippen molar-refractivity contribution in [3.8, 4) is 5.75 Å². The van der Waals surface area contributed by atoms with Crippen molar-refractivity contribution in [2.24, 2.45) is 0 Å². The number of hydrogen-bond acceptors (Lipinski definition) is 2. The Hall–Kier alpha value is -2.00. The number of methoxy groups -OCH3 is 1. The molecule has 2 aromatic rings. The third-order valence-electron chi connectivity index (χ3n) is 2.84. The standard InChI is InChI=1S/C15H14ClNO2/c1-17(12-6-4-3-5-7-12)15(18)13-10-11(16)8-9-14(13)19-2/h3-10H,1-2H3. The molecule has 0 unspecified atom stereocenters. The van der Waals surface area contributed by atoms with Crippen LogP contribution in [0, 0.1) is 0 Å². The zero-order valence-corrected chi connectivity index (χ0v) is 11.5. The zero-order chi connectivity index (χ0) is 13.8. The number of para-hydroxylation sites is 1. The van der Waals surface area contributed by atoms with Crippen LogP contribution in [0.5, 0.6) is 5.75 Å². The fourth-order valence-electron chi connectivity index (χ4n) is 1.80. The van der Waals surface area contributed by atoms with Gasteiger partial charge in [0.05, 0.1) is 12.7 Å². The van der Waals surface area contributed by atoms with E-state index in [4.69, 9.17) is 16.3 Å². The number of carbonyl (C=O) groups is 1. The maximum atomic E-state index is 12.5. The Morgan fingerprint density at radius 1 is 1.16 bits per heavy atom. The van der Waals surface area contributed by atoms with Crippen molar-refractivity contribution in [1.82, 2.24) is 0 Å². The van der Waals surface area contributed by atoms with Crippen molar-refractivity contribution < 1.29 is 9.53 Å². The van der Waals surface area contributed by atoms with E-state index in [-0.39, 0.29) is 5.91 Å². The summed E-state index contributed by atoms with van der Waals surface area (Å²) in [5.41, 5.74) is 1.26. The maximum absolute atomic E-state index is 12.5. The fourth-order valence-corrected chi connectivity index (χ4v) is 1.97. The largest absolute Gasteiger partial charge is 0.496 e. The highest BCUT2D eigenvalue weighted by Gasteiger charge is 2.18. The van der Waals surface area contributed by atoms with Crippen molar-refractivity contribution >= 4 is 23.2 Å². The van der Waals surface area contributed by atoms with E-state index in [9.17, 15) is 4.79 Å². The lowest BCUT2D eigenvalue weighted by Crippen LogP contribution is -2.26. The molecule has 4 heteroatoms. The van der Waals surface area contributed by atoms with Crippen LogP contribution >= 0.6 is 11.6 Å². The van der Waals surface area contributed by atoms with Gasteiger partial charge in [-0.1, -0.05) is 29.8 Å². The summed E-state index contributed by atoms with van der Waals surface area (Å²) in [4.78, 5) is 14.0. The fraction of sp³-hybridized carbons (Fsp3) is 0.133. The van der Waals surface area contributed by atoms with E-state index < -0.39 is 0 Å². The molecule has 0 aromatic heterocycles. The number of ether oxygens (including phenoxy) is 1. The van der Waals surface area contributed by atoms with Gasteiger partial charge in [0.2, 0.25) is 0 Å². The van der Waals surface area contributed by atoms with Gasteiger partial charge in [0.25, 0.3) is 5.91 Å². The third-order valence-corrected chi connectivity index (χ3v) is 3.08. The highest BCUT2D eigenvalue weighted by Crippen LogP contribution is 2.25. The van der Waals surface area contributed by atoms with Gasteiger partial charge >= 0.3 is 0 Å². The van der Waals surface area contributed by atoms with Gasteiger partial charge in [-0.05, 0) is 30.3 Å². The van der Waals surface area contributed by atoms with Gasteiger partial charge in [-0.2, -0.15) is 0 Å². The number of halogens is 1. The summed E-state index contributed by atoms with van der Waals surface area (Å²) in [6.07, 6.45) is 0. The van der Waals surface area contributed by atoms with E-state index in [1.54, 1.807) is 30.1 Å². The topological polar surface area (TPSA) is 29.5 Å². The number of nitrogens with zero attached hydrogens (tertiary/aromatic N) is 1. The molecule has 0 radical (unpaired) electrons. The molecule has 0 fully saturated rings. The molecule has 1 amide bonds. The van der Waals surface area contributed by atoms with E-state index in [2.05, 4.69) is 0 Å².